The van der Waals surface area contributed by atoms with Crippen LogP contribution in [0.1, 0.15) is 29.9 Å². The highest BCUT2D eigenvalue weighted by molar-refractivity contribution is 5.94. The van der Waals surface area contributed by atoms with Crippen molar-refractivity contribution in [1.29, 1.82) is 0 Å². The number of likely N-dealkylation sites (tertiary alicyclic amines) is 1. The molecule has 2 heterocycles. The number of carbonyl (C=O) groups excluding carboxylic acids is 1. The smallest absolute Gasteiger partial charge is 0.241 e. The molecule has 4 rings (SSSR count). The van der Waals surface area contributed by atoms with Crippen LogP contribution in [-0.4, -0.2) is 41.1 Å². The van der Waals surface area contributed by atoms with Crippen LogP contribution in [0.15, 0.2) is 47.0 Å². The zero-order chi connectivity index (χ0) is 21.8. The summed E-state index contributed by atoms with van der Waals surface area (Å²) in [5, 5.41) is 7.18. The molecule has 0 spiro atoms. The average Bonchev–Trinajstić information content (AvgIpc) is 3.23. The maximum Gasteiger partial charge on any atom is 0.241 e. The van der Waals surface area contributed by atoms with E-state index in [1.54, 1.807) is 7.11 Å². The van der Waals surface area contributed by atoms with Gasteiger partial charge in [-0.15, -0.1) is 0 Å². The molecule has 1 fully saturated rings. The molecule has 0 unspecified atom stereocenters. The van der Waals surface area contributed by atoms with E-state index in [0.717, 1.165) is 48.3 Å². The molecular weight excluding hydrogens is 392 g/mol. The van der Waals surface area contributed by atoms with Crippen LogP contribution in [0, 0.1) is 19.8 Å². The van der Waals surface area contributed by atoms with Gasteiger partial charge in [0.25, 0.3) is 0 Å². The van der Waals surface area contributed by atoms with Crippen molar-refractivity contribution in [3.05, 3.63) is 59.5 Å². The zero-order valence-electron chi connectivity index (χ0n) is 18.2. The van der Waals surface area contributed by atoms with Gasteiger partial charge in [0.1, 0.15) is 5.75 Å². The van der Waals surface area contributed by atoms with Gasteiger partial charge in [-0.05, 0) is 63.0 Å². The van der Waals surface area contributed by atoms with Crippen molar-refractivity contribution in [2.24, 2.45) is 5.92 Å². The minimum atomic E-state index is -0.0216. The molecule has 0 aliphatic carbocycles. The number of methoxy groups -OCH3 is 1. The van der Waals surface area contributed by atoms with Gasteiger partial charge in [0.05, 0.1) is 19.3 Å². The lowest BCUT2D eigenvalue weighted by atomic mass is 9.95. The van der Waals surface area contributed by atoms with Gasteiger partial charge >= 0.3 is 0 Å². The highest BCUT2D eigenvalue weighted by atomic mass is 16.5. The average molecular weight is 421 g/mol. The van der Waals surface area contributed by atoms with Gasteiger partial charge in [0.2, 0.25) is 17.6 Å². The van der Waals surface area contributed by atoms with E-state index in [1.807, 2.05) is 56.3 Å². The molecule has 0 atom stereocenters. The maximum absolute atomic E-state index is 12.8. The third-order valence-electron chi connectivity index (χ3n) is 5.78. The Morgan fingerprint density at radius 3 is 2.71 bits per heavy atom. The molecule has 162 valence electrons. The first-order valence-electron chi connectivity index (χ1n) is 10.6. The number of carbonyl (C=O) groups is 1. The van der Waals surface area contributed by atoms with Crippen molar-refractivity contribution in [2.75, 3.05) is 25.5 Å². The number of aryl methyl sites for hydroxylation is 2. The number of rotatable bonds is 6. The lowest BCUT2D eigenvalue weighted by molar-refractivity contribution is -0.121. The van der Waals surface area contributed by atoms with Crippen LogP contribution in [0.5, 0.6) is 5.75 Å². The van der Waals surface area contributed by atoms with Gasteiger partial charge in [-0.2, -0.15) is 4.98 Å². The summed E-state index contributed by atoms with van der Waals surface area (Å²) in [6, 6.07) is 13.8. The summed E-state index contributed by atoms with van der Waals surface area (Å²) in [7, 11) is 1.61. The van der Waals surface area contributed by atoms with Crippen LogP contribution < -0.4 is 10.1 Å². The van der Waals surface area contributed by atoms with Crippen molar-refractivity contribution in [1.82, 2.24) is 15.0 Å². The molecule has 1 saturated heterocycles. The first-order chi connectivity index (χ1) is 15.0. The van der Waals surface area contributed by atoms with Crippen LogP contribution >= 0.6 is 0 Å². The van der Waals surface area contributed by atoms with Crippen LogP contribution in [0.25, 0.3) is 11.4 Å². The monoisotopic (exact) mass is 420 g/mol. The molecule has 0 bridgehead atoms. The van der Waals surface area contributed by atoms with E-state index in [9.17, 15) is 4.79 Å². The number of nitrogens with zero attached hydrogens (tertiary/aromatic N) is 3. The molecule has 7 heteroatoms. The highest BCUT2D eigenvalue weighted by Crippen LogP contribution is 2.28. The molecule has 1 amide bonds. The Hall–Kier alpha value is -3.19. The standard InChI is InChI=1S/C24H28N4O3/c1-16-8-9-21(30-3)20(14-16)25-24(29)18-10-12-28(13-11-18)15-22-26-23(27-31-22)19-7-5-4-6-17(19)2/h4-9,14,18H,10-13,15H2,1-3H3,(H,25,29). The second kappa shape index (κ2) is 9.31. The predicted molar refractivity (Wildman–Crippen MR) is 119 cm³/mol. The fourth-order valence-corrected chi connectivity index (χ4v) is 3.95. The highest BCUT2D eigenvalue weighted by Gasteiger charge is 2.26. The van der Waals surface area contributed by atoms with Gasteiger partial charge < -0.3 is 14.6 Å². The van der Waals surface area contributed by atoms with Crippen molar-refractivity contribution in [2.45, 2.75) is 33.2 Å². The molecule has 0 saturated carbocycles. The lowest BCUT2D eigenvalue weighted by Crippen LogP contribution is -2.37. The summed E-state index contributed by atoms with van der Waals surface area (Å²) in [5.41, 5.74) is 3.91. The van der Waals surface area contributed by atoms with E-state index in [-0.39, 0.29) is 11.8 Å². The molecule has 1 aliphatic heterocycles. The van der Waals surface area contributed by atoms with Gasteiger partial charge in [-0.1, -0.05) is 35.5 Å². The van der Waals surface area contributed by atoms with E-state index in [1.165, 1.54) is 0 Å². The Bertz CT molecular complexity index is 1050. The van der Waals surface area contributed by atoms with Gasteiger partial charge in [0, 0.05) is 11.5 Å². The number of piperidine rings is 1. The lowest BCUT2D eigenvalue weighted by Gasteiger charge is -2.30. The Morgan fingerprint density at radius 2 is 1.97 bits per heavy atom. The minimum Gasteiger partial charge on any atom is -0.495 e. The van der Waals surface area contributed by atoms with Crippen LogP contribution in [0.4, 0.5) is 5.69 Å². The SMILES string of the molecule is COc1ccc(C)cc1NC(=O)C1CCN(Cc2nc(-c3ccccc3C)no2)CC1. The Labute approximate surface area is 182 Å². The fraction of sp³-hybridized carbons (Fsp3) is 0.375. The van der Waals surface area contributed by atoms with Crippen molar-refractivity contribution < 1.29 is 14.1 Å². The molecular formula is C24H28N4O3. The molecule has 1 aliphatic rings. The van der Waals surface area contributed by atoms with E-state index in [0.29, 0.717) is 24.0 Å². The summed E-state index contributed by atoms with van der Waals surface area (Å²) < 4.78 is 10.8. The zero-order valence-corrected chi connectivity index (χ0v) is 18.2. The van der Waals surface area contributed by atoms with Crippen molar-refractivity contribution in [3.8, 4) is 17.1 Å². The normalized spacial score (nSPS) is 15.1. The summed E-state index contributed by atoms with van der Waals surface area (Å²) in [6.07, 6.45) is 1.58. The summed E-state index contributed by atoms with van der Waals surface area (Å²) in [5.74, 6) is 1.92. The fourth-order valence-electron chi connectivity index (χ4n) is 3.95. The van der Waals surface area contributed by atoms with Gasteiger partial charge in [0.15, 0.2) is 0 Å². The quantitative estimate of drug-likeness (QED) is 0.643. The second-order valence-corrected chi connectivity index (χ2v) is 8.07. The predicted octanol–water partition coefficient (Wildman–Crippen LogP) is 4.21. The van der Waals surface area contributed by atoms with E-state index in [2.05, 4.69) is 20.4 Å². The van der Waals surface area contributed by atoms with Crippen molar-refractivity contribution in [3.63, 3.8) is 0 Å². The van der Waals surface area contributed by atoms with E-state index in [4.69, 9.17) is 9.26 Å². The number of hydrogen-bond donors (Lipinski definition) is 1. The van der Waals surface area contributed by atoms with E-state index < -0.39 is 0 Å². The summed E-state index contributed by atoms with van der Waals surface area (Å²) in [6.45, 7) is 6.25. The van der Waals surface area contributed by atoms with Gasteiger partial charge in [-0.3, -0.25) is 9.69 Å². The van der Waals surface area contributed by atoms with E-state index >= 15 is 0 Å². The third kappa shape index (κ3) is 4.94. The number of hydrogen-bond acceptors (Lipinski definition) is 6. The topological polar surface area (TPSA) is 80.5 Å². The molecule has 1 N–H and O–H groups in total. The van der Waals surface area contributed by atoms with Crippen LogP contribution in [0.3, 0.4) is 0 Å². The first kappa shape index (κ1) is 21.1. The number of anilines is 1. The number of nitrogens with one attached hydrogen (secondary N) is 1. The Morgan fingerprint density at radius 1 is 1.19 bits per heavy atom. The summed E-state index contributed by atoms with van der Waals surface area (Å²) in [4.78, 5) is 19.6. The molecule has 1 aromatic heterocycles. The molecule has 3 aromatic rings. The first-order valence-corrected chi connectivity index (χ1v) is 10.6. The largest absolute Gasteiger partial charge is 0.495 e. The second-order valence-electron chi connectivity index (χ2n) is 8.07. The van der Waals surface area contributed by atoms with Crippen LogP contribution in [0.2, 0.25) is 0 Å². The number of aromatic nitrogens is 2. The molecule has 2 aromatic carbocycles. The summed E-state index contributed by atoms with van der Waals surface area (Å²) >= 11 is 0. The Balaban J connectivity index is 1.32. The van der Waals surface area contributed by atoms with Gasteiger partial charge in [-0.25, -0.2) is 0 Å². The Kier molecular flexibility index (Phi) is 6.32. The number of benzene rings is 2. The minimum absolute atomic E-state index is 0.0216. The third-order valence-corrected chi connectivity index (χ3v) is 5.78. The maximum atomic E-state index is 12.8. The van der Waals surface area contributed by atoms with Crippen molar-refractivity contribution >= 4 is 11.6 Å². The molecule has 0 radical (unpaired) electrons. The number of ether oxygens (including phenoxy) is 1. The molecule has 7 nitrogen and oxygen atoms in total. The van der Waals surface area contributed by atoms with Crippen LogP contribution in [-0.2, 0) is 11.3 Å². The molecule has 31 heavy (non-hydrogen) atoms. The number of amides is 1.